The van der Waals surface area contributed by atoms with Gasteiger partial charge < -0.3 is 10.1 Å². The summed E-state index contributed by atoms with van der Waals surface area (Å²) in [4.78, 5) is 17.8. The summed E-state index contributed by atoms with van der Waals surface area (Å²) in [5, 5.41) is 3.32. The maximum atomic E-state index is 11.4. The minimum Gasteiger partial charge on any atom is -0.464 e. The smallest absolute Gasteiger partial charge is 0.356 e. The standard InChI is InChI=1S/C13H19N3O2S/c1-18-13(17)12-10-11(2-3-15-12)14-4-5-16-6-8-19-9-7-16/h2-3,10H,4-9H2,1H3,(H,14,15). The molecule has 1 fully saturated rings. The summed E-state index contributed by atoms with van der Waals surface area (Å²) in [5.74, 6) is 2.04. The summed E-state index contributed by atoms with van der Waals surface area (Å²) in [6.07, 6.45) is 1.62. The fourth-order valence-electron chi connectivity index (χ4n) is 1.94. The van der Waals surface area contributed by atoms with Gasteiger partial charge in [-0.1, -0.05) is 0 Å². The van der Waals surface area contributed by atoms with E-state index in [0.717, 1.165) is 31.9 Å². The number of carbonyl (C=O) groups is 1. The first-order valence-corrected chi connectivity index (χ1v) is 7.53. The van der Waals surface area contributed by atoms with Gasteiger partial charge in [0.05, 0.1) is 7.11 Å². The van der Waals surface area contributed by atoms with Crippen LogP contribution in [-0.4, -0.2) is 60.6 Å². The fraction of sp³-hybridized carbons (Fsp3) is 0.538. The molecule has 0 atom stereocenters. The van der Waals surface area contributed by atoms with E-state index in [1.807, 2.05) is 17.8 Å². The molecule has 1 N–H and O–H groups in total. The number of thioether (sulfide) groups is 1. The molecule has 0 aliphatic carbocycles. The lowest BCUT2D eigenvalue weighted by Crippen LogP contribution is -2.36. The number of aromatic nitrogens is 1. The molecule has 0 bridgehead atoms. The van der Waals surface area contributed by atoms with Gasteiger partial charge >= 0.3 is 5.97 Å². The molecule has 0 unspecified atom stereocenters. The molecule has 1 aliphatic heterocycles. The molecule has 0 amide bonds. The van der Waals surface area contributed by atoms with Gasteiger partial charge in [0, 0.05) is 49.6 Å². The minimum atomic E-state index is -0.406. The third kappa shape index (κ3) is 4.40. The lowest BCUT2D eigenvalue weighted by molar-refractivity contribution is 0.0594. The molecule has 6 heteroatoms. The highest BCUT2D eigenvalue weighted by molar-refractivity contribution is 7.99. The van der Waals surface area contributed by atoms with Crippen molar-refractivity contribution in [1.82, 2.24) is 9.88 Å². The molecular formula is C13H19N3O2S. The van der Waals surface area contributed by atoms with Crippen LogP contribution in [0.5, 0.6) is 0 Å². The van der Waals surface area contributed by atoms with Crippen LogP contribution >= 0.6 is 11.8 Å². The summed E-state index contributed by atoms with van der Waals surface area (Å²) in [6.45, 7) is 4.22. The van der Waals surface area contributed by atoms with E-state index in [0.29, 0.717) is 5.69 Å². The Morgan fingerprint density at radius 3 is 3.05 bits per heavy atom. The molecule has 0 saturated carbocycles. The van der Waals surface area contributed by atoms with Crippen LogP contribution < -0.4 is 5.32 Å². The predicted molar refractivity (Wildman–Crippen MR) is 77.8 cm³/mol. The Morgan fingerprint density at radius 1 is 1.53 bits per heavy atom. The zero-order valence-electron chi connectivity index (χ0n) is 11.1. The SMILES string of the molecule is COC(=O)c1cc(NCCN2CCSCC2)ccn1. The maximum absolute atomic E-state index is 11.4. The second-order valence-corrected chi connectivity index (χ2v) is 5.53. The molecule has 0 aromatic carbocycles. The van der Waals surface area contributed by atoms with Crippen LogP contribution in [0.25, 0.3) is 0 Å². The average Bonchev–Trinajstić information content (AvgIpc) is 2.48. The van der Waals surface area contributed by atoms with Gasteiger partial charge in [-0.05, 0) is 12.1 Å². The number of esters is 1. The van der Waals surface area contributed by atoms with Crippen LogP contribution in [0.15, 0.2) is 18.3 Å². The van der Waals surface area contributed by atoms with Gasteiger partial charge in [-0.25, -0.2) is 9.78 Å². The van der Waals surface area contributed by atoms with E-state index in [9.17, 15) is 4.79 Å². The van der Waals surface area contributed by atoms with E-state index in [-0.39, 0.29) is 0 Å². The molecule has 1 saturated heterocycles. The monoisotopic (exact) mass is 281 g/mol. The summed E-state index contributed by atoms with van der Waals surface area (Å²) in [7, 11) is 1.36. The Bertz CT molecular complexity index is 422. The molecule has 1 aromatic rings. The number of nitrogens with one attached hydrogen (secondary N) is 1. The Morgan fingerprint density at radius 2 is 2.32 bits per heavy atom. The number of carbonyl (C=O) groups excluding carboxylic acids is 1. The molecule has 0 radical (unpaired) electrons. The van der Waals surface area contributed by atoms with Gasteiger partial charge in [0.1, 0.15) is 5.69 Å². The molecule has 104 valence electrons. The Hall–Kier alpha value is -1.27. The summed E-state index contributed by atoms with van der Waals surface area (Å²) >= 11 is 2.01. The van der Waals surface area contributed by atoms with Gasteiger partial charge in [0.25, 0.3) is 0 Å². The van der Waals surface area contributed by atoms with Gasteiger partial charge in [-0.3, -0.25) is 4.90 Å². The number of methoxy groups -OCH3 is 1. The van der Waals surface area contributed by atoms with E-state index in [2.05, 4.69) is 19.9 Å². The quantitative estimate of drug-likeness (QED) is 0.822. The van der Waals surface area contributed by atoms with E-state index >= 15 is 0 Å². The van der Waals surface area contributed by atoms with Crippen molar-refractivity contribution in [1.29, 1.82) is 0 Å². The van der Waals surface area contributed by atoms with Gasteiger partial charge in [0.15, 0.2) is 0 Å². The van der Waals surface area contributed by atoms with Crippen LogP contribution in [-0.2, 0) is 4.74 Å². The van der Waals surface area contributed by atoms with E-state index in [1.54, 1.807) is 12.3 Å². The second-order valence-electron chi connectivity index (χ2n) is 4.30. The zero-order valence-corrected chi connectivity index (χ0v) is 11.9. The van der Waals surface area contributed by atoms with Gasteiger partial charge in [-0.2, -0.15) is 11.8 Å². The Labute approximate surface area is 117 Å². The Kier molecular flexibility index (Phi) is 5.47. The second kappa shape index (κ2) is 7.35. The topological polar surface area (TPSA) is 54.5 Å². The van der Waals surface area contributed by atoms with Crippen LogP contribution in [0, 0.1) is 0 Å². The van der Waals surface area contributed by atoms with Gasteiger partial charge in [-0.15, -0.1) is 0 Å². The van der Waals surface area contributed by atoms with Crippen molar-refractivity contribution in [3.8, 4) is 0 Å². The molecular weight excluding hydrogens is 262 g/mol. The first-order valence-electron chi connectivity index (χ1n) is 6.38. The number of hydrogen-bond donors (Lipinski definition) is 1. The van der Waals surface area contributed by atoms with Crippen LogP contribution in [0.2, 0.25) is 0 Å². The Balaban J connectivity index is 1.80. The molecule has 0 spiro atoms. The first kappa shape index (κ1) is 14.1. The molecule has 19 heavy (non-hydrogen) atoms. The van der Waals surface area contributed by atoms with Crippen molar-refractivity contribution >= 4 is 23.4 Å². The van der Waals surface area contributed by atoms with Crippen molar-refractivity contribution in [2.45, 2.75) is 0 Å². The highest BCUT2D eigenvalue weighted by Crippen LogP contribution is 2.10. The average molecular weight is 281 g/mol. The fourth-order valence-corrected chi connectivity index (χ4v) is 2.92. The maximum Gasteiger partial charge on any atom is 0.356 e. The third-order valence-electron chi connectivity index (χ3n) is 3.02. The molecule has 1 aromatic heterocycles. The minimum absolute atomic E-state index is 0.335. The van der Waals surface area contributed by atoms with Crippen molar-refractivity contribution in [3.63, 3.8) is 0 Å². The summed E-state index contributed by atoms with van der Waals surface area (Å²) < 4.78 is 4.65. The highest BCUT2D eigenvalue weighted by atomic mass is 32.2. The summed E-state index contributed by atoms with van der Waals surface area (Å²) in [6, 6.07) is 3.58. The van der Waals surface area contributed by atoms with E-state index in [1.165, 1.54) is 18.6 Å². The van der Waals surface area contributed by atoms with Crippen LogP contribution in [0.3, 0.4) is 0 Å². The molecule has 1 aliphatic rings. The van der Waals surface area contributed by atoms with Crippen LogP contribution in [0.4, 0.5) is 5.69 Å². The number of nitrogens with zero attached hydrogens (tertiary/aromatic N) is 2. The highest BCUT2D eigenvalue weighted by Gasteiger charge is 2.10. The van der Waals surface area contributed by atoms with E-state index in [4.69, 9.17) is 0 Å². The molecule has 5 nitrogen and oxygen atoms in total. The predicted octanol–water partition coefficient (Wildman–Crippen LogP) is 1.33. The lowest BCUT2D eigenvalue weighted by atomic mass is 10.3. The summed E-state index contributed by atoms with van der Waals surface area (Å²) in [5.41, 5.74) is 1.24. The number of anilines is 1. The zero-order chi connectivity index (χ0) is 13.5. The normalized spacial score (nSPS) is 16.1. The number of hydrogen-bond acceptors (Lipinski definition) is 6. The van der Waals surface area contributed by atoms with Crippen molar-refractivity contribution < 1.29 is 9.53 Å². The number of ether oxygens (including phenoxy) is 1. The largest absolute Gasteiger partial charge is 0.464 e. The number of pyridine rings is 1. The number of rotatable bonds is 5. The van der Waals surface area contributed by atoms with Crippen molar-refractivity contribution in [2.75, 3.05) is 50.1 Å². The third-order valence-corrected chi connectivity index (χ3v) is 3.96. The van der Waals surface area contributed by atoms with Crippen LogP contribution in [0.1, 0.15) is 10.5 Å². The molecule has 2 rings (SSSR count). The molecule has 2 heterocycles. The van der Waals surface area contributed by atoms with Crippen molar-refractivity contribution in [3.05, 3.63) is 24.0 Å². The van der Waals surface area contributed by atoms with Gasteiger partial charge in [0.2, 0.25) is 0 Å². The first-order chi connectivity index (χ1) is 9.29. The van der Waals surface area contributed by atoms with Crippen molar-refractivity contribution in [2.24, 2.45) is 0 Å². The van der Waals surface area contributed by atoms with E-state index < -0.39 is 5.97 Å². The lowest BCUT2D eigenvalue weighted by Gasteiger charge is -2.26.